The summed E-state index contributed by atoms with van der Waals surface area (Å²) in [6.45, 7) is 5.42. The average Bonchev–Trinajstić information content (AvgIpc) is 2.62. The van der Waals surface area contributed by atoms with E-state index in [1.165, 1.54) is 28.1 Å². The Bertz CT molecular complexity index is 686. The molecule has 22 heavy (non-hydrogen) atoms. The van der Waals surface area contributed by atoms with E-state index in [4.69, 9.17) is 4.98 Å². The number of aromatic nitrogens is 1. The number of hydrogen-bond donors (Lipinski definition) is 0. The summed E-state index contributed by atoms with van der Waals surface area (Å²) < 4.78 is 0. The molecule has 1 aromatic carbocycles. The van der Waals surface area contributed by atoms with Crippen molar-refractivity contribution in [3.8, 4) is 0 Å². The van der Waals surface area contributed by atoms with E-state index >= 15 is 0 Å². The van der Waals surface area contributed by atoms with Gasteiger partial charge in [0, 0.05) is 32.3 Å². The molecule has 1 aromatic heterocycles. The van der Waals surface area contributed by atoms with Crippen LogP contribution in [0, 0.1) is 6.92 Å². The van der Waals surface area contributed by atoms with Crippen molar-refractivity contribution in [1.29, 1.82) is 0 Å². The van der Waals surface area contributed by atoms with E-state index in [9.17, 15) is 0 Å². The van der Waals surface area contributed by atoms with Crippen molar-refractivity contribution >= 4 is 18.2 Å². The molecule has 0 spiro atoms. The minimum absolute atomic E-state index is 0. The summed E-state index contributed by atoms with van der Waals surface area (Å²) >= 11 is 0. The second-order valence-corrected chi connectivity index (χ2v) is 6.34. The summed E-state index contributed by atoms with van der Waals surface area (Å²) in [6, 6.07) is 11.6. The van der Waals surface area contributed by atoms with Crippen molar-refractivity contribution in [2.75, 3.05) is 31.6 Å². The molecule has 1 unspecified atom stereocenters. The zero-order valence-electron chi connectivity index (χ0n) is 13.1. The number of halogens is 1. The van der Waals surface area contributed by atoms with Crippen LogP contribution < -0.4 is 4.90 Å². The molecule has 0 amide bonds. The summed E-state index contributed by atoms with van der Waals surface area (Å²) in [5, 5.41) is 0. The van der Waals surface area contributed by atoms with E-state index in [-0.39, 0.29) is 12.4 Å². The number of rotatable bonds is 0. The second-order valence-electron chi connectivity index (χ2n) is 6.34. The van der Waals surface area contributed by atoms with Crippen LogP contribution in [0.15, 0.2) is 36.5 Å². The van der Waals surface area contributed by atoms with Gasteiger partial charge < -0.3 is 9.80 Å². The van der Waals surface area contributed by atoms with Gasteiger partial charge in [0.25, 0.3) is 0 Å². The highest BCUT2D eigenvalue weighted by Gasteiger charge is 2.32. The Morgan fingerprint density at radius 2 is 2.00 bits per heavy atom. The third-order valence-corrected chi connectivity index (χ3v) is 4.76. The normalized spacial score (nSPS) is 20.3. The van der Waals surface area contributed by atoms with Gasteiger partial charge in [-0.2, -0.15) is 0 Å². The first-order valence-corrected chi connectivity index (χ1v) is 7.71. The molecule has 0 aliphatic carbocycles. The van der Waals surface area contributed by atoms with Crippen LogP contribution in [0.3, 0.4) is 0 Å². The summed E-state index contributed by atoms with van der Waals surface area (Å²) in [5.74, 6) is 1.18. The fraction of sp³-hybridized carbons (Fsp3) is 0.389. The molecular formula is C18H22ClN3. The third-order valence-electron chi connectivity index (χ3n) is 4.76. The van der Waals surface area contributed by atoms with Gasteiger partial charge >= 0.3 is 0 Å². The molecular weight excluding hydrogens is 294 g/mol. The zero-order chi connectivity index (χ0) is 14.4. The maximum absolute atomic E-state index is 4.70. The molecule has 2 aliphatic heterocycles. The third kappa shape index (κ3) is 2.49. The molecule has 4 rings (SSSR count). The van der Waals surface area contributed by atoms with Gasteiger partial charge in [-0.3, -0.25) is 0 Å². The molecule has 116 valence electrons. The highest BCUT2D eigenvalue weighted by Crippen LogP contribution is 2.38. The minimum atomic E-state index is 0. The van der Waals surface area contributed by atoms with E-state index in [0.717, 1.165) is 26.1 Å². The molecule has 2 aliphatic rings. The van der Waals surface area contributed by atoms with Crippen LogP contribution in [-0.2, 0) is 6.42 Å². The highest BCUT2D eigenvalue weighted by atomic mass is 35.5. The summed E-state index contributed by atoms with van der Waals surface area (Å²) in [4.78, 5) is 9.65. The van der Waals surface area contributed by atoms with E-state index < -0.39 is 0 Å². The van der Waals surface area contributed by atoms with Crippen LogP contribution in [0.25, 0.3) is 0 Å². The van der Waals surface area contributed by atoms with Crippen molar-refractivity contribution < 1.29 is 0 Å². The summed E-state index contributed by atoms with van der Waals surface area (Å²) in [6.07, 6.45) is 2.92. The van der Waals surface area contributed by atoms with Crippen LogP contribution >= 0.6 is 12.4 Å². The molecule has 3 nitrogen and oxygen atoms in total. The molecule has 0 saturated carbocycles. The van der Waals surface area contributed by atoms with Gasteiger partial charge in [0.1, 0.15) is 5.82 Å². The number of pyridine rings is 1. The largest absolute Gasteiger partial charge is 0.347 e. The van der Waals surface area contributed by atoms with Crippen LogP contribution in [0.4, 0.5) is 5.82 Å². The lowest BCUT2D eigenvalue weighted by Gasteiger charge is -2.41. The van der Waals surface area contributed by atoms with Gasteiger partial charge in [0.2, 0.25) is 0 Å². The molecule has 4 heteroatoms. The van der Waals surface area contributed by atoms with E-state index in [1.54, 1.807) is 0 Å². The summed E-state index contributed by atoms with van der Waals surface area (Å²) in [5.41, 5.74) is 5.65. The monoisotopic (exact) mass is 315 g/mol. The van der Waals surface area contributed by atoms with Crippen molar-refractivity contribution in [3.05, 3.63) is 58.8 Å². The Balaban J connectivity index is 0.00000144. The fourth-order valence-corrected chi connectivity index (χ4v) is 3.66. The second kappa shape index (κ2) is 5.90. The van der Waals surface area contributed by atoms with Crippen LogP contribution in [0.5, 0.6) is 0 Å². The Labute approximate surface area is 138 Å². The van der Waals surface area contributed by atoms with Crippen LogP contribution in [-0.4, -0.2) is 36.6 Å². The van der Waals surface area contributed by atoms with E-state index in [2.05, 4.69) is 54.1 Å². The molecule has 0 bridgehead atoms. The first-order valence-electron chi connectivity index (χ1n) is 7.71. The Hall–Kier alpha value is -1.58. The lowest BCUT2D eigenvalue weighted by atomic mass is 9.94. The average molecular weight is 316 g/mol. The first kappa shape index (κ1) is 15.3. The Kier molecular flexibility index (Phi) is 4.11. The standard InChI is InChI=1S/C18H21N3.ClH/c1-13-5-6-14-11-15-4-3-7-19-18(15)21-9-8-20(2)12-17(21)16(14)10-13;/h3-7,10,17H,8-9,11-12H2,1-2H3;1H. The summed E-state index contributed by atoms with van der Waals surface area (Å²) in [7, 11) is 2.22. The van der Waals surface area contributed by atoms with Gasteiger partial charge in [0.05, 0.1) is 6.04 Å². The maximum atomic E-state index is 4.70. The van der Waals surface area contributed by atoms with Gasteiger partial charge in [0.15, 0.2) is 0 Å². The zero-order valence-corrected chi connectivity index (χ0v) is 13.9. The number of benzene rings is 1. The number of hydrogen-bond acceptors (Lipinski definition) is 3. The molecule has 3 heterocycles. The van der Waals surface area contributed by atoms with Crippen LogP contribution in [0.1, 0.15) is 28.3 Å². The lowest BCUT2D eigenvalue weighted by molar-refractivity contribution is 0.268. The van der Waals surface area contributed by atoms with E-state index in [1.807, 2.05) is 6.20 Å². The SMILES string of the molecule is Cc1ccc2c(c1)C1CN(C)CCN1c1ncccc1C2.Cl. The number of fused-ring (bicyclic) bond motifs is 5. The first-order chi connectivity index (χ1) is 10.2. The number of anilines is 1. The lowest BCUT2D eigenvalue weighted by Crippen LogP contribution is -2.47. The van der Waals surface area contributed by atoms with Crippen LogP contribution in [0.2, 0.25) is 0 Å². The quantitative estimate of drug-likeness (QED) is 0.744. The topological polar surface area (TPSA) is 19.4 Å². The number of aryl methyl sites for hydroxylation is 1. The Morgan fingerprint density at radius 1 is 1.14 bits per heavy atom. The molecule has 1 atom stereocenters. The van der Waals surface area contributed by atoms with Gasteiger partial charge in [-0.1, -0.05) is 29.8 Å². The minimum Gasteiger partial charge on any atom is -0.347 e. The van der Waals surface area contributed by atoms with Gasteiger partial charge in [-0.25, -0.2) is 4.98 Å². The number of likely N-dealkylation sites (N-methyl/N-ethyl adjacent to an activating group) is 1. The smallest absolute Gasteiger partial charge is 0.132 e. The molecule has 1 saturated heterocycles. The van der Waals surface area contributed by atoms with Gasteiger partial charge in [-0.15, -0.1) is 12.4 Å². The molecule has 0 N–H and O–H groups in total. The highest BCUT2D eigenvalue weighted by molar-refractivity contribution is 5.85. The van der Waals surface area contributed by atoms with Crippen molar-refractivity contribution in [2.24, 2.45) is 0 Å². The maximum Gasteiger partial charge on any atom is 0.132 e. The van der Waals surface area contributed by atoms with Gasteiger partial charge in [-0.05, 0) is 36.7 Å². The fourth-order valence-electron chi connectivity index (χ4n) is 3.66. The number of nitrogens with zero attached hydrogens (tertiary/aromatic N) is 3. The van der Waals surface area contributed by atoms with E-state index in [0.29, 0.717) is 6.04 Å². The predicted octanol–water partition coefficient (Wildman–Crippen LogP) is 3.21. The molecule has 1 fully saturated rings. The molecule has 0 radical (unpaired) electrons. The predicted molar refractivity (Wildman–Crippen MR) is 93.1 cm³/mol. The number of piperazine rings is 1. The van der Waals surface area contributed by atoms with Crippen molar-refractivity contribution in [2.45, 2.75) is 19.4 Å². The van der Waals surface area contributed by atoms with Crippen molar-refractivity contribution in [3.63, 3.8) is 0 Å². The Morgan fingerprint density at radius 3 is 2.86 bits per heavy atom. The van der Waals surface area contributed by atoms with Crippen molar-refractivity contribution in [1.82, 2.24) is 9.88 Å². The molecule has 2 aromatic rings.